The summed E-state index contributed by atoms with van der Waals surface area (Å²) < 4.78 is 16.7. The van der Waals surface area contributed by atoms with Crippen LogP contribution in [0.4, 0.5) is 17.5 Å². The average molecular weight is 425 g/mol. The van der Waals surface area contributed by atoms with Crippen molar-refractivity contribution in [3.63, 3.8) is 0 Å². The monoisotopic (exact) mass is 424 g/mol. The lowest BCUT2D eigenvalue weighted by atomic mass is 10.2. The van der Waals surface area contributed by atoms with E-state index in [-0.39, 0.29) is 0 Å². The summed E-state index contributed by atoms with van der Waals surface area (Å²) in [5, 5.41) is 3.72. The second kappa shape index (κ2) is 7.91. The van der Waals surface area contributed by atoms with Crippen LogP contribution in [0.5, 0.6) is 17.2 Å². The molecule has 154 valence electrons. The Labute approximate surface area is 179 Å². The molecule has 0 saturated carbocycles. The fraction of sp³-hybridized carbons (Fsp3) is 0.273. The average Bonchev–Trinajstić information content (AvgIpc) is 3.18. The Morgan fingerprint density at radius 2 is 1.93 bits per heavy atom. The molecule has 0 radical (unpaired) electrons. The van der Waals surface area contributed by atoms with E-state index in [1.54, 1.807) is 7.11 Å². The minimum atomic E-state index is 0.433. The lowest BCUT2D eigenvalue weighted by Crippen LogP contribution is -2.21. The van der Waals surface area contributed by atoms with E-state index in [0.717, 1.165) is 42.3 Å². The number of para-hydroxylation sites is 1. The molecule has 0 atom stereocenters. The maximum atomic E-state index is 6.50. The highest BCUT2D eigenvalue weighted by Gasteiger charge is 2.26. The molecule has 0 bridgehead atoms. The van der Waals surface area contributed by atoms with Crippen molar-refractivity contribution in [2.75, 3.05) is 37.1 Å². The molecule has 7 nitrogen and oxygen atoms in total. The Kier molecular flexibility index (Phi) is 4.96. The number of benzene rings is 2. The lowest BCUT2D eigenvalue weighted by Gasteiger charge is -2.22. The van der Waals surface area contributed by atoms with E-state index in [4.69, 9.17) is 30.8 Å². The van der Waals surface area contributed by atoms with Gasteiger partial charge in [-0.2, -0.15) is 4.98 Å². The molecule has 0 fully saturated rings. The molecule has 2 aromatic carbocycles. The maximum Gasteiger partial charge on any atom is 0.230 e. The van der Waals surface area contributed by atoms with Crippen molar-refractivity contribution in [3.8, 4) is 17.2 Å². The summed E-state index contributed by atoms with van der Waals surface area (Å²) in [6, 6.07) is 13.7. The van der Waals surface area contributed by atoms with Gasteiger partial charge in [-0.05, 0) is 36.2 Å². The van der Waals surface area contributed by atoms with Crippen molar-refractivity contribution in [3.05, 3.63) is 58.7 Å². The highest BCUT2D eigenvalue weighted by atomic mass is 35.5. The van der Waals surface area contributed by atoms with Crippen LogP contribution in [0.15, 0.2) is 42.5 Å². The van der Waals surface area contributed by atoms with Crippen molar-refractivity contribution in [1.29, 1.82) is 0 Å². The second-order valence-corrected chi connectivity index (χ2v) is 7.47. The first-order valence-corrected chi connectivity index (χ1v) is 10.2. The van der Waals surface area contributed by atoms with Crippen LogP contribution in [0.25, 0.3) is 0 Å². The Morgan fingerprint density at radius 1 is 1.10 bits per heavy atom. The van der Waals surface area contributed by atoms with Gasteiger partial charge in [-0.15, -0.1) is 0 Å². The largest absolute Gasteiger partial charge is 0.497 e. The predicted molar refractivity (Wildman–Crippen MR) is 116 cm³/mol. The minimum Gasteiger partial charge on any atom is -0.497 e. The molecule has 1 N–H and O–H groups in total. The topological polar surface area (TPSA) is 68.7 Å². The summed E-state index contributed by atoms with van der Waals surface area (Å²) >= 11 is 6.50. The fourth-order valence-electron chi connectivity index (χ4n) is 3.73. The van der Waals surface area contributed by atoms with Gasteiger partial charge < -0.3 is 24.4 Å². The molecule has 0 aliphatic carbocycles. The minimum absolute atomic E-state index is 0.433. The molecule has 3 heterocycles. The van der Waals surface area contributed by atoms with Crippen molar-refractivity contribution < 1.29 is 14.2 Å². The number of hydrogen-bond acceptors (Lipinski definition) is 7. The summed E-state index contributed by atoms with van der Waals surface area (Å²) in [4.78, 5) is 11.4. The van der Waals surface area contributed by atoms with Crippen molar-refractivity contribution in [2.45, 2.75) is 13.0 Å². The van der Waals surface area contributed by atoms with Gasteiger partial charge in [-0.25, -0.2) is 4.98 Å². The van der Waals surface area contributed by atoms with Gasteiger partial charge in [0.05, 0.1) is 12.8 Å². The van der Waals surface area contributed by atoms with Gasteiger partial charge in [-0.1, -0.05) is 29.8 Å². The first-order valence-electron chi connectivity index (χ1n) is 9.81. The van der Waals surface area contributed by atoms with Crippen LogP contribution < -0.4 is 24.4 Å². The molecule has 2 aliphatic heterocycles. The van der Waals surface area contributed by atoms with Crippen LogP contribution in [0.2, 0.25) is 5.15 Å². The molecule has 2 aliphatic rings. The summed E-state index contributed by atoms with van der Waals surface area (Å²) in [5.74, 6) is 3.51. The number of nitrogens with one attached hydrogen (secondary N) is 1. The Hall–Kier alpha value is -3.19. The summed E-state index contributed by atoms with van der Waals surface area (Å²) in [6.07, 6.45) is 0.822. The standard InChI is InChI=1S/C22H21ClN4O3/c1-28-15-7-5-14(6-8-15)13-27-10-9-16-20(23)25-22(26-21(16)27)24-17-3-2-4-18-19(17)30-12-11-29-18/h2-8H,9-13H2,1H3,(H,24,25,26). The van der Waals surface area contributed by atoms with Gasteiger partial charge >= 0.3 is 0 Å². The third-order valence-corrected chi connectivity index (χ3v) is 5.52. The summed E-state index contributed by atoms with van der Waals surface area (Å²) in [6.45, 7) is 2.63. The van der Waals surface area contributed by atoms with E-state index in [1.807, 2.05) is 30.3 Å². The van der Waals surface area contributed by atoms with Gasteiger partial charge in [-0.3, -0.25) is 0 Å². The molecule has 0 spiro atoms. The smallest absolute Gasteiger partial charge is 0.230 e. The van der Waals surface area contributed by atoms with Gasteiger partial charge in [0.25, 0.3) is 0 Å². The lowest BCUT2D eigenvalue weighted by molar-refractivity contribution is 0.172. The molecule has 0 saturated heterocycles. The van der Waals surface area contributed by atoms with Gasteiger partial charge in [0.2, 0.25) is 5.95 Å². The van der Waals surface area contributed by atoms with Crippen LogP contribution in [0.3, 0.4) is 0 Å². The zero-order valence-electron chi connectivity index (χ0n) is 16.5. The predicted octanol–water partition coefficient (Wildman–Crippen LogP) is 4.22. The third-order valence-electron chi connectivity index (χ3n) is 5.21. The zero-order chi connectivity index (χ0) is 20.5. The third kappa shape index (κ3) is 3.57. The first kappa shape index (κ1) is 18.8. The van der Waals surface area contributed by atoms with Gasteiger partial charge in [0.15, 0.2) is 11.5 Å². The molecule has 8 heteroatoms. The van der Waals surface area contributed by atoms with Gasteiger partial charge in [0, 0.05) is 18.7 Å². The maximum absolute atomic E-state index is 6.50. The number of ether oxygens (including phenoxy) is 3. The normalized spacial score (nSPS) is 14.4. The SMILES string of the molecule is COc1ccc(CN2CCc3c(Cl)nc(Nc4cccc5c4OCCO5)nc32)cc1. The quantitative estimate of drug-likeness (QED) is 0.615. The van der Waals surface area contributed by atoms with Crippen LogP contribution >= 0.6 is 11.6 Å². The number of hydrogen-bond donors (Lipinski definition) is 1. The number of nitrogens with zero attached hydrogens (tertiary/aromatic N) is 3. The molecule has 0 amide bonds. The Bertz CT molecular complexity index is 1070. The van der Waals surface area contributed by atoms with Crippen LogP contribution in [-0.4, -0.2) is 36.8 Å². The zero-order valence-corrected chi connectivity index (χ0v) is 17.3. The van der Waals surface area contributed by atoms with Crippen molar-refractivity contribution >= 4 is 29.1 Å². The summed E-state index contributed by atoms with van der Waals surface area (Å²) in [5.41, 5.74) is 2.91. The van der Waals surface area contributed by atoms with Crippen LogP contribution in [0, 0.1) is 0 Å². The van der Waals surface area contributed by atoms with E-state index < -0.39 is 0 Å². The van der Waals surface area contributed by atoms with E-state index in [2.05, 4.69) is 27.3 Å². The molecule has 3 aromatic rings. The van der Waals surface area contributed by atoms with Crippen LogP contribution in [-0.2, 0) is 13.0 Å². The molecule has 30 heavy (non-hydrogen) atoms. The second-order valence-electron chi connectivity index (χ2n) is 7.11. The van der Waals surface area contributed by atoms with Crippen LogP contribution in [0.1, 0.15) is 11.1 Å². The summed E-state index contributed by atoms with van der Waals surface area (Å²) in [7, 11) is 1.67. The van der Waals surface area contributed by atoms with Gasteiger partial charge in [0.1, 0.15) is 29.9 Å². The molecule has 1 aromatic heterocycles. The highest BCUT2D eigenvalue weighted by molar-refractivity contribution is 6.30. The number of methoxy groups -OCH3 is 1. The molecule has 0 unspecified atom stereocenters. The Balaban J connectivity index is 1.41. The molecule has 5 rings (SSSR count). The molecular weight excluding hydrogens is 404 g/mol. The molecular formula is C22H21ClN4O3. The number of rotatable bonds is 5. The number of fused-ring (bicyclic) bond motifs is 2. The van der Waals surface area contributed by atoms with E-state index in [9.17, 15) is 0 Å². The van der Waals surface area contributed by atoms with E-state index >= 15 is 0 Å². The number of aromatic nitrogens is 2. The van der Waals surface area contributed by atoms with Crippen molar-refractivity contribution in [1.82, 2.24) is 9.97 Å². The number of halogens is 1. The number of anilines is 3. The first-order chi connectivity index (χ1) is 14.7. The van der Waals surface area contributed by atoms with E-state index in [0.29, 0.717) is 35.8 Å². The highest BCUT2D eigenvalue weighted by Crippen LogP contribution is 2.39. The van der Waals surface area contributed by atoms with E-state index in [1.165, 1.54) is 5.56 Å². The fourth-order valence-corrected chi connectivity index (χ4v) is 3.99. The van der Waals surface area contributed by atoms with Crippen molar-refractivity contribution in [2.24, 2.45) is 0 Å². The Morgan fingerprint density at radius 3 is 2.77 bits per heavy atom.